The summed E-state index contributed by atoms with van der Waals surface area (Å²) in [5.41, 5.74) is 0. The van der Waals surface area contributed by atoms with Crippen molar-refractivity contribution in [3.63, 3.8) is 0 Å². The summed E-state index contributed by atoms with van der Waals surface area (Å²) in [4.78, 5) is 51.1. The Morgan fingerprint density at radius 3 is 1.18 bits per heavy atom. The van der Waals surface area contributed by atoms with Gasteiger partial charge in [0.2, 0.25) is 0 Å². The maximum absolute atomic E-state index is 13.2. The Morgan fingerprint density at radius 1 is 0.429 bits per heavy atom. The van der Waals surface area contributed by atoms with E-state index in [-0.39, 0.29) is 25.9 Å². The first-order chi connectivity index (χ1) is 37.6. The van der Waals surface area contributed by atoms with E-state index in [9.17, 15) is 34.5 Å². The van der Waals surface area contributed by atoms with Gasteiger partial charge < -0.3 is 39.0 Å². The lowest BCUT2D eigenvalue weighted by Crippen LogP contribution is -2.61. The number of carbonyl (C=O) groups is 4. The number of carboxylic acid groups (broad SMARTS) is 1. The maximum Gasteiger partial charge on any atom is 0.335 e. The highest BCUT2D eigenvalue weighted by atomic mass is 16.7. The zero-order valence-corrected chi connectivity index (χ0v) is 47.4. The van der Waals surface area contributed by atoms with Crippen molar-refractivity contribution in [2.24, 2.45) is 0 Å². The van der Waals surface area contributed by atoms with Gasteiger partial charge >= 0.3 is 23.9 Å². The normalized spacial score (nSPS) is 19.0. The topological polar surface area (TPSA) is 175 Å². The summed E-state index contributed by atoms with van der Waals surface area (Å²) < 4.78 is 28.3. The third-order valence-corrected chi connectivity index (χ3v) is 12.2. The number of ether oxygens (including phenoxy) is 5. The molecule has 0 aromatic carbocycles. The maximum atomic E-state index is 13.2. The van der Waals surface area contributed by atoms with Crippen molar-refractivity contribution >= 4 is 23.9 Å². The molecule has 1 heterocycles. The molecular weight excluding hydrogens is 973 g/mol. The first-order valence-corrected chi connectivity index (χ1v) is 29.2. The zero-order valence-electron chi connectivity index (χ0n) is 47.4. The molecule has 1 saturated heterocycles. The van der Waals surface area contributed by atoms with Crippen LogP contribution in [0.1, 0.15) is 201 Å². The molecular formula is C65H100O12. The van der Waals surface area contributed by atoms with Gasteiger partial charge in [0.1, 0.15) is 18.8 Å². The first kappa shape index (κ1) is 69.9. The van der Waals surface area contributed by atoms with Gasteiger partial charge in [0.05, 0.1) is 6.61 Å². The van der Waals surface area contributed by atoms with Crippen molar-refractivity contribution in [1.29, 1.82) is 0 Å². The molecule has 1 rings (SSSR count). The van der Waals surface area contributed by atoms with Crippen LogP contribution in [0, 0.1) is 0 Å². The predicted molar refractivity (Wildman–Crippen MR) is 312 cm³/mol. The van der Waals surface area contributed by atoms with E-state index < -0.39 is 67.3 Å². The Kier molecular flexibility index (Phi) is 46.8. The minimum atomic E-state index is -1.93. The third-order valence-electron chi connectivity index (χ3n) is 12.2. The molecule has 6 atom stereocenters. The number of esters is 3. The number of carbonyl (C=O) groups excluding carboxylic acids is 3. The van der Waals surface area contributed by atoms with E-state index in [1.165, 1.54) is 0 Å². The fourth-order valence-electron chi connectivity index (χ4n) is 7.83. The molecule has 1 fully saturated rings. The van der Waals surface area contributed by atoms with Crippen molar-refractivity contribution < 1.29 is 58.2 Å². The molecule has 0 aromatic rings. The summed E-state index contributed by atoms with van der Waals surface area (Å²) in [6.07, 6.45) is 59.9. The largest absolute Gasteiger partial charge is 0.479 e. The van der Waals surface area contributed by atoms with E-state index in [4.69, 9.17) is 23.7 Å². The van der Waals surface area contributed by atoms with Crippen molar-refractivity contribution in [2.75, 3.05) is 13.2 Å². The number of allylic oxidation sites excluding steroid dienone is 22. The smallest absolute Gasteiger partial charge is 0.335 e. The average molecular weight is 1070 g/mol. The molecule has 0 bridgehead atoms. The summed E-state index contributed by atoms with van der Waals surface area (Å²) in [6, 6.07) is 0. The second-order valence-electron chi connectivity index (χ2n) is 19.1. The van der Waals surface area contributed by atoms with Gasteiger partial charge in [0.25, 0.3) is 0 Å². The van der Waals surface area contributed by atoms with Crippen molar-refractivity contribution in [1.82, 2.24) is 0 Å². The van der Waals surface area contributed by atoms with Crippen LogP contribution in [0.4, 0.5) is 0 Å². The van der Waals surface area contributed by atoms with Crippen molar-refractivity contribution in [3.05, 3.63) is 134 Å². The SMILES string of the molecule is CC/C=C\C/C=C\C/C=C\C/C=C\CCCCCCC(=O)OCC(COC1OC(C(=O)O)C(O)C(O)C1OC(=O)CCCCC/C=C\C/C=C\C/C=C\CC)OC(=O)CCCCCC/C=C\C/C=C\C/C=C\C/C=C\CC. The van der Waals surface area contributed by atoms with E-state index in [1.54, 1.807) is 0 Å². The molecule has 1 aliphatic rings. The van der Waals surface area contributed by atoms with Crippen LogP contribution in [0.2, 0.25) is 0 Å². The number of rotatable bonds is 47. The van der Waals surface area contributed by atoms with Crippen LogP contribution < -0.4 is 0 Å². The molecule has 0 aliphatic carbocycles. The van der Waals surface area contributed by atoms with Crippen LogP contribution in [0.5, 0.6) is 0 Å². The summed E-state index contributed by atoms with van der Waals surface area (Å²) >= 11 is 0. The molecule has 0 spiro atoms. The fraction of sp³-hybridized carbons (Fsp3) is 0.600. The molecule has 12 nitrogen and oxygen atoms in total. The lowest BCUT2D eigenvalue weighted by Gasteiger charge is -2.40. The summed E-state index contributed by atoms with van der Waals surface area (Å²) in [5, 5.41) is 31.5. The quantitative estimate of drug-likeness (QED) is 0.0228. The summed E-state index contributed by atoms with van der Waals surface area (Å²) in [7, 11) is 0. The molecule has 3 N–H and O–H groups in total. The van der Waals surface area contributed by atoms with Gasteiger partial charge in [-0.05, 0) is 128 Å². The summed E-state index contributed by atoms with van der Waals surface area (Å²) in [6.45, 7) is 5.57. The van der Waals surface area contributed by atoms with Gasteiger partial charge in [-0.25, -0.2) is 4.79 Å². The van der Waals surface area contributed by atoms with Crippen LogP contribution in [0.3, 0.4) is 0 Å². The molecule has 432 valence electrons. The zero-order chi connectivity index (χ0) is 56.1. The van der Waals surface area contributed by atoms with Crippen molar-refractivity contribution in [2.45, 2.75) is 237 Å². The van der Waals surface area contributed by atoms with Gasteiger partial charge in [0, 0.05) is 19.3 Å². The predicted octanol–water partition coefficient (Wildman–Crippen LogP) is 15.0. The van der Waals surface area contributed by atoms with E-state index in [1.807, 2.05) is 0 Å². The van der Waals surface area contributed by atoms with E-state index >= 15 is 0 Å². The van der Waals surface area contributed by atoms with Crippen LogP contribution in [0.25, 0.3) is 0 Å². The van der Waals surface area contributed by atoms with Crippen LogP contribution >= 0.6 is 0 Å². The first-order valence-electron chi connectivity index (χ1n) is 29.2. The van der Waals surface area contributed by atoms with Gasteiger partial charge in [-0.1, -0.05) is 187 Å². The van der Waals surface area contributed by atoms with Crippen LogP contribution in [0.15, 0.2) is 134 Å². The minimum Gasteiger partial charge on any atom is -0.479 e. The van der Waals surface area contributed by atoms with E-state index in [0.29, 0.717) is 19.3 Å². The Morgan fingerprint density at radius 2 is 0.779 bits per heavy atom. The van der Waals surface area contributed by atoms with Crippen molar-refractivity contribution in [3.8, 4) is 0 Å². The molecule has 1 aliphatic heterocycles. The number of aliphatic hydroxyl groups excluding tert-OH is 2. The highest BCUT2D eigenvalue weighted by molar-refractivity contribution is 5.74. The number of hydrogen-bond acceptors (Lipinski definition) is 11. The highest BCUT2D eigenvalue weighted by Crippen LogP contribution is 2.26. The van der Waals surface area contributed by atoms with Gasteiger partial charge in [0.15, 0.2) is 24.6 Å². The minimum absolute atomic E-state index is 0.0119. The second-order valence-corrected chi connectivity index (χ2v) is 19.1. The molecule has 0 saturated carbocycles. The van der Waals surface area contributed by atoms with Crippen LogP contribution in [-0.2, 0) is 42.9 Å². The van der Waals surface area contributed by atoms with E-state index in [0.717, 1.165) is 141 Å². The highest BCUT2D eigenvalue weighted by Gasteiger charge is 2.50. The Hall–Kier alpha value is -5.14. The molecule has 0 aromatic heterocycles. The summed E-state index contributed by atoms with van der Waals surface area (Å²) in [5.74, 6) is -3.25. The molecule has 12 heteroatoms. The fourth-order valence-corrected chi connectivity index (χ4v) is 7.83. The Bertz CT molecular complexity index is 1850. The number of unbranched alkanes of at least 4 members (excludes halogenated alkanes) is 11. The standard InChI is InChI=1S/C65H100O12/c1-4-7-10-13-16-19-22-25-27-29-31-34-36-39-42-45-48-51-57(66)73-54-56(75-58(67)52-49-46-43-40-38-35-32-30-28-26-23-20-17-14-11-8-5-2)55-74-65-63(61(70)60(69)62(77-65)64(71)72)76-59(68)53-50-47-44-41-37-33-24-21-18-15-12-9-6-3/h7-12,16-21,25-28,31-35,37,56,60-63,65,69-70H,4-6,13-15,22-24,29-30,36,38-55H2,1-3H3,(H,71,72)/b10-7-,11-8-,12-9-,19-16-,20-17-,21-18-,27-25-,28-26-,34-31-,35-32-,37-33-. The second kappa shape index (κ2) is 51.6. The third kappa shape index (κ3) is 41.6. The lowest BCUT2D eigenvalue weighted by atomic mass is 9.98. The molecule has 0 radical (unpaired) electrons. The van der Waals surface area contributed by atoms with Gasteiger partial charge in [-0.15, -0.1) is 0 Å². The number of hydrogen-bond donors (Lipinski definition) is 3. The molecule has 6 unspecified atom stereocenters. The Labute approximate surface area is 464 Å². The van der Waals surface area contributed by atoms with Gasteiger partial charge in [-0.2, -0.15) is 0 Å². The van der Waals surface area contributed by atoms with Gasteiger partial charge in [-0.3, -0.25) is 14.4 Å². The number of aliphatic hydroxyl groups is 2. The monoisotopic (exact) mass is 1070 g/mol. The average Bonchev–Trinajstić information content (AvgIpc) is 3.42. The molecule has 0 amide bonds. The number of carboxylic acids is 1. The number of aliphatic carboxylic acids is 1. The molecule has 77 heavy (non-hydrogen) atoms. The van der Waals surface area contributed by atoms with Crippen LogP contribution in [-0.4, -0.2) is 89.2 Å². The Balaban J connectivity index is 2.76. The van der Waals surface area contributed by atoms with E-state index in [2.05, 4.69) is 154 Å². The lowest BCUT2D eigenvalue weighted by molar-refractivity contribution is -0.301.